The number of halogens is 4. The Hall–Kier alpha value is -3.18. The van der Waals surface area contributed by atoms with Gasteiger partial charge in [0.25, 0.3) is 0 Å². The summed E-state index contributed by atoms with van der Waals surface area (Å²) in [5, 5.41) is 0. The molecule has 0 spiro atoms. The van der Waals surface area contributed by atoms with E-state index >= 15 is 0 Å². The molecule has 1 aliphatic heterocycles. The number of fused-ring (bicyclic) bond motifs is 1. The first kappa shape index (κ1) is 26.9. The van der Waals surface area contributed by atoms with Gasteiger partial charge in [-0.25, -0.2) is 13.4 Å². The second-order valence-corrected chi connectivity index (χ2v) is 10.5. The van der Waals surface area contributed by atoms with Crippen LogP contribution in [0.25, 0.3) is 0 Å². The largest absolute Gasteiger partial charge is 0.493 e. The zero-order valence-corrected chi connectivity index (χ0v) is 20.7. The van der Waals surface area contributed by atoms with Gasteiger partial charge in [-0.15, -0.1) is 0 Å². The molecule has 6 nitrogen and oxygen atoms in total. The minimum Gasteiger partial charge on any atom is -0.493 e. The lowest BCUT2D eigenvalue weighted by molar-refractivity contribution is -0.137. The maximum Gasteiger partial charge on any atom is 0.416 e. The van der Waals surface area contributed by atoms with Crippen LogP contribution in [0.15, 0.2) is 59.5 Å². The van der Waals surface area contributed by atoms with Gasteiger partial charge < -0.3 is 14.2 Å². The molecule has 37 heavy (non-hydrogen) atoms. The molecule has 11 heteroatoms. The van der Waals surface area contributed by atoms with Gasteiger partial charge in [0, 0.05) is 37.2 Å². The Morgan fingerprint density at radius 3 is 2.57 bits per heavy atom. The number of hydrogen-bond acceptors (Lipinski definition) is 6. The van der Waals surface area contributed by atoms with E-state index in [1.165, 1.54) is 37.4 Å². The maximum absolute atomic E-state index is 13.4. The van der Waals surface area contributed by atoms with Crippen LogP contribution in [0.4, 0.5) is 17.6 Å². The highest BCUT2D eigenvalue weighted by Gasteiger charge is 2.33. The monoisotopic (exact) mass is 539 g/mol. The van der Waals surface area contributed by atoms with Crippen LogP contribution in [-0.4, -0.2) is 40.3 Å². The van der Waals surface area contributed by atoms with Gasteiger partial charge in [0.1, 0.15) is 11.5 Å². The first-order chi connectivity index (χ1) is 17.6. The van der Waals surface area contributed by atoms with Crippen molar-refractivity contribution < 1.29 is 40.2 Å². The Morgan fingerprint density at radius 1 is 1.05 bits per heavy atom. The van der Waals surface area contributed by atoms with Crippen LogP contribution in [0, 0.1) is 5.95 Å². The minimum absolute atomic E-state index is 0.0265. The molecule has 0 N–H and O–H groups in total. The number of pyridine rings is 1. The first-order valence-electron chi connectivity index (χ1n) is 11.5. The zero-order valence-electron chi connectivity index (χ0n) is 19.9. The topological polar surface area (TPSA) is 74.7 Å². The summed E-state index contributed by atoms with van der Waals surface area (Å²) in [6.45, 7) is 0.803. The van der Waals surface area contributed by atoms with Crippen LogP contribution in [0.5, 0.6) is 11.5 Å². The van der Waals surface area contributed by atoms with Crippen molar-refractivity contribution in [2.45, 2.75) is 35.6 Å². The summed E-state index contributed by atoms with van der Waals surface area (Å²) in [5.74, 6) is -1.22. The molecule has 198 valence electrons. The van der Waals surface area contributed by atoms with E-state index in [-0.39, 0.29) is 35.5 Å². The van der Waals surface area contributed by atoms with Crippen molar-refractivity contribution >= 4 is 9.84 Å². The van der Waals surface area contributed by atoms with E-state index < -0.39 is 33.3 Å². The fourth-order valence-corrected chi connectivity index (χ4v) is 5.48. The van der Waals surface area contributed by atoms with Gasteiger partial charge in [-0.1, -0.05) is 18.2 Å². The van der Waals surface area contributed by atoms with Gasteiger partial charge in [-0.05, 0) is 42.8 Å². The number of alkyl halides is 3. The van der Waals surface area contributed by atoms with Crippen molar-refractivity contribution in [3.8, 4) is 11.5 Å². The van der Waals surface area contributed by atoms with E-state index in [0.29, 0.717) is 36.3 Å². The van der Waals surface area contributed by atoms with Gasteiger partial charge in [0.15, 0.2) is 9.84 Å². The quantitative estimate of drug-likeness (QED) is 0.202. The standard InChI is InChI=1S/C26H25F4NO5S/c1-34-11-3-12-35-23-14-17(26(28,29)30)6-8-21(23)20-10-13-36-24-15-19(7-9-22(20)24)37(32,33)16-18-4-2-5-25(27)31-18/h2,4-9,14-15,20H,3,10-13,16H2,1H3/t20-/m1/s1. The number of benzene rings is 2. The normalized spacial score (nSPS) is 15.6. The van der Waals surface area contributed by atoms with Gasteiger partial charge in [0.2, 0.25) is 5.95 Å². The highest BCUT2D eigenvalue weighted by atomic mass is 32.2. The van der Waals surface area contributed by atoms with Crippen molar-refractivity contribution in [3.05, 3.63) is 82.9 Å². The van der Waals surface area contributed by atoms with E-state index in [0.717, 1.165) is 18.2 Å². The van der Waals surface area contributed by atoms with Crippen LogP contribution in [0.3, 0.4) is 0 Å². The molecular weight excluding hydrogens is 514 g/mol. The molecule has 1 aromatic heterocycles. The summed E-state index contributed by atoms with van der Waals surface area (Å²) >= 11 is 0. The summed E-state index contributed by atoms with van der Waals surface area (Å²) < 4.78 is 95.9. The summed E-state index contributed by atoms with van der Waals surface area (Å²) in [5.41, 5.74) is 0.430. The first-order valence-corrected chi connectivity index (χ1v) is 13.2. The second-order valence-electron chi connectivity index (χ2n) is 8.55. The predicted octanol–water partition coefficient (Wildman–Crippen LogP) is 5.54. The molecule has 0 unspecified atom stereocenters. The number of hydrogen-bond donors (Lipinski definition) is 0. The number of aromatic nitrogens is 1. The molecule has 0 amide bonds. The Kier molecular flexibility index (Phi) is 8.03. The van der Waals surface area contributed by atoms with Crippen molar-refractivity contribution in [2.75, 3.05) is 26.9 Å². The molecule has 0 fully saturated rings. The number of nitrogens with zero attached hydrogens (tertiary/aromatic N) is 1. The van der Waals surface area contributed by atoms with Crippen LogP contribution in [-0.2, 0) is 26.5 Å². The molecule has 0 bridgehead atoms. The van der Waals surface area contributed by atoms with Gasteiger partial charge in [-0.2, -0.15) is 17.6 Å². The van der Waals surface area contributed by atoms with Crippen molar-refractivity contribution in [1.82, 2.24) is 4.98 Å². The van der Waals surface area contributed by atoms with Crippen LogP contribution in [0.1, 0.15) is 41.1 Å². The van der Waals surface area contributed by atoms with E-state index in [1.807, 2.05) is 0 Å². The number of sulfone groups is 1. The lowest BCUT2D eigenvalue weighted by Gasteiger charge is -2.28. The van der Waals surface area contributed by atoms with Gasteiger partial charge in [-0.3, -0.25) is 0 Å². The molecule has 3 aromatic rings. The van der Waals surface area contributed by atoms with Crippen LogP contribution in [0.2, 0.25) is 0 Å². The molecule has 4 rings (SSSR count). The number of ether oxygens (including phenoxy) is 3. The number of rotatable bonds is 9. The molecule has 0 radical (unpaired) electrons. The molecule has 0 aliphatic carbocycles. The van der Waals surface area contributed by atoms with Gasteiger partial charge >= 0.3 is 6.18 Å². The average molecular weight is 540 g/mol. The SMILES string of the molecule is COCCCOc1cc(C(F)(F)F)ccc1[C@H]1CCOc2cc(S(=O)(=O)Cc3cccc(F)n3)ccc21. The third-order valence-electron chi connectivity index (χ3n) is 5.96. The lowest BCUT2D eigenvalue weighted by atomic mass is 9.85. The van der Waals surface area contributed by atoms with Crippen molar-refractivity contribution in [2.24, 2.45) is 0 Å². The highest BCUT2D eigenvalue weighted by molar-refractivity contribution is 7.90. The van der Waals surface area contributed by atoms with Crippen molar-refractivity contribution in [1.29, 1.82) is 0 Å². The molecule has 1 atom stereocenters. The van der Waals surface area contributed by atoms with Crippen molar-refractivity contribution in [3.63, 3.8) is 0 Å². The fraction of sp³-hybridized carbons (Fsp3) is 0.346. The summed E-state index contributed by atoms with van der Waals surface area (Å²) in [4.78, 5) is 3.59. The van der Waals surface area contributed by atoms with E-state index in [9.17, 15) is 26.0 Å². The third kappa shape index (κ3) is 6.40. The summed E-state index contributed by atoms with van der Waals surface area (Å²) in [7, 11) is -2.34. The minimum atomic E-state index is -4.53. The molecule has 1 aliphatic rings. The Balaban J connectivity index is 1.66. The average Bonchev–Trinajstić information content (AvgIpc) is 2.85. The maximum atomic E-state index is 13.4. The summed E-state index contributed by atoms with van der Waals surface area (Å²) in [6, 6.07) is 11.7. The van der Waals surface area contributed by atoms with E-state index in [4.69, 9.17) is 14.2 Å². The number of methoxy groups -OCH3 is 1. The molecule has 2 heterocycles. The lowest BCUT2D eigenvalue weighted by Crippen LogP contribution is -2.18. The molecule has 2 aromatic carbocycles. The second kappa shape index (κ2) is 11.1. The predicted molar refractivity (Wildman–Crippen MR) is 127 cm³/mol. The highest BCUT2D eigenvalue weighted by Crippen LogP contribution is 2.44. The fourth-order valence-electron chi connectivity index (χ4n) is 4.20. The van der Waals surface area contributed by atoms with Crippen LogP contribution >= 0.6 is 0 Å². The molecule has 0 saturated carbocycles. The third-order valence-corrected chi connectivity index (χ3v) is 7.61. The van der Waals surface area contributed by atoms with E-state index in [2.05, 4.69) is 4.98 Å². The summed E-state index contributed by atoms with van der Waals surface area (Å²) in [6.07, 6.45) is -3.57. The zero-order chi connectivity index (χ0) is 26.6. The molecule has 0 saturated heterocycles. The van der Waals surface area contributed by atoms with Gasteiger partial charge in [0.05, 0.1) is 35.1 Å². The Morgan fingerprint density at radius 2 is 1.84 bits per heavy atom. The molecular formula is C26H25F4NO5S. The van der Waals surface area contributed by atoms with Crippen LogP contribution < -0.4 is 9.47 Å². The smallest absolute Gasteiger partial charge is 0.416 e. The van der Waals surface area contributed by atoms with E-state index in [1.54, 1.807) is 6.07 Å². The Labute approximate surface area is 212 Å². The Bertz CT molecular complexity index is 1360.